The van der Waals surface area contributed by atoms with Gasteiger partial charge in [-0.2, -0.15) is 10.9 Å². The van der Waals surface area contributed by atoms with Crippen LogP contribution >= 0.6 is 26.8 Å². The minimum absolute atomic E-state index is 0.344. The highest BCUT2D eigenvalue weighted by molar-refractivity contribution is 9.10. The Morgan fingerprint density at radius 3 is 2.57 bits per heavy atom. The molecule has 5 heteroatoms. The van der Waals surface area contributed by atoms with Gasteiger partial charge in [-0.05, 0) is 33.7 Å². The molecule has 0 saturated carbocycles. The molecule has 2 heterocycles. The zero-order valence-electron chi connectivity index (χ0n) is 7.61. The summed E-state index contributed by atoms with van der Waals surface area (Å²) in [6.45, 7) is 1.92. The summed E-state index contributed by atoms with van der Waals surface area (Å²) in [6, 6.07) is 0. The van der Waals surface area contributed by atoms with Crippen LogP contribution in [0.1, 0.15) is 5.69 Å². The zero-order chi connectivity index (χ0) is 10.1. The molecular formula is C9H10BrN3S. The first-order valence-corrected chi connectivity index (χ1v) is 6.39. The molecule has 3 nitrogen and oxygen atoms in total. The van der Waals surface area contributed by atoms with Crippen LogP contribution in [-0.2, 0) is 0 Å². The Balaban J connectivity index is 2.51. The summed E-state index contributed by atoms with van der Waals surface area (Å²) < 4.78 is 0.967. The van der Waals surface area contributed by atoms with E-state index in [1.165, 1.54) is 0 Å². The van der Waals surface area contributed by atoms with Crippen LogP contribution in [0, 0.1) is 6.92 Å². The summed E-state index contributed by atoms with van der Waals surface area (Å²) in [5, 5.41) is 5.28. The van der Waals surface area contributed by atoms with Gasteiger partial charge >= 0.3 is 0 Å². The standard InChI is InChI=1S/C9H10BrN3S/c1-6-7(10)8(13-9(11)12-6)14-4-2-3-5-14/h2-5,14H,1H3,(H2,11,12,13). The topological polar surface area (TPSA) is 51.8 Å². The van der Waals surface area contributed by atoms with E-state index in [4.69, 9.17) is 5.73 Å². The highest BCUT2D eigenvalue weighted by Crippen LogP contribution is 2.44. The third kappa shape index (κ3) is 1.69. The number of nitrogens with zero attached hydrogens (tertiary/aromatic N) is 2. The van der Waals surface area contributed by atoms with E-state index in [0.717, 1.165) is 15.2 Å². The van der Waals surface area contributed by atoms with E-state index >= 15 is 0 Å². The van der Waals surface area contributed by atoms with E-state index in [1.54, 1.807) is 0 Å². The Hall–Kier alpha value is -0.810. The first kappa shape index (κ1) is 9.73. The Labute approximate surface area is 93.6 Å². The smallest absolute Gasteiger partial charge is 0.221 e. The van der Waals surface area contributed by atoms with E-state index in [2.05, 4.69) is 36.7 Å². The van der Waals surface area contributed by atoms with Crippen LogP contribution in [0.25, 0.3) is 0 Å². The van der Waals surface area contributed by atoms with Gasteiger partial charge in [0, 0.05) is 0 Å². The van der Waals surface area contributed by atoms with Gasteiger partial charge < -0.3 is 5.73 Å². The van der Waals surface area contributed by atoms with E-state index in [9.17, 15) is 0 Å². The van der Waals surface area contributed by atoms with Gasteiger partial charge in [0.25, 0.3) is 0 Å². The number of anilines is 1. The first-order valence-electron chi connectivity index (χ1n) is 4.11. The van der Waals surface area contributed by atoms with E-state index in [1.807, 2.05) is 19.1 Å². The molecule has 0 bridgehead atoms. The number of rotatable bonds is 1. The van der Waals surface area contributed by atoms with Crippen molar-refractivity contribution in [1.82, 2.24) is 9.97 Å². The van der Waals surface area contributed by atoms with Gasteiger partial charge in [0.2, 0.25) is 5.95 Å². The van der Waals surface area contributed by atoms with Crippen molar-refractivity contribution in [3.63, 3.8) is 0 Å². The predicted octanol–water partition coefficient (Wildman–Crippen LogP) is 2.53. The molecule has 2 N–H and O–H groups in total. The molecule has 0 spiro atoms. The highest BCUT2D eigenvalue weighted by atomic mass is 79.9. The lowest BCUT2D eigenvalue weighted by Gasteiger charge is -2.12. The highest BCUT2D eigenvalue weighted by Gasteiger charge is 2.12. The molecule has 1 aliphatic rings. The molecule has 2 rings (SSSR count). The molecule has 1 aromatic heterocycles. The number of nitrogen functional groups attached to an aromatic ring is 1. The van der Waals surface area contributed by atoms with Gasteiger partial charge in [-0.1, -0.05) is 12.2 Å². The van der Waals surface area contributed by atoms with Crippen molar-refractivity contribution in [2.45, 2.75) is 11.9 Å². The molecule has 0 unspecified atom stereocenters. The van der Waals surface area contributed by atoms with Crippen LogP contribution < -0.4 is 5.73 Å². The lowest BCUT2D eigenvalue weighted by molar-refractivity contribution is 1.00. The van der Waals surface area contributed by atoms with Crippen LogP contribution in [0.3, 0.4) is 0 Å². The fourth-order valence-corrected chi connectivity index (χ4v) is 3.56. The van der Waals surface area contributed by atoms with Gasteiger partial charge in [0.15, 0.2) is 0 Å². The molecule has 0 radical (unpaired) electrons. The van der Waals surface area contributed by atoms with Gasteiger partial charge in [-0.3, -0.25) is 0 Å². The number of aryl methyl sites for hydroxylation is 1. The van der Waals surface area contributed by atoms with Gasteiger partial charge in [0.1, 0.15) is 5.03 Å². The summed E-state index contributed by atoms with van der Waals surface area (Å²) in [5.41, 5.74) is 6.51. The van der Waals surface area contributed by atoms with E-state index < -0.39 is 10.9 Å². The molecule has 0 atom stereocenters. The quantitative estimate of drug-likeness (QED) is 0.610. The van der Waals surface area contributed by atoms with Gasteiger partial charge in [-0.25, -0.2) is 9.97 Å². The summed E-state index contributed by atoms with van der Waals surface area (Å²) in [6.07, 6.45) is 4.07. The fraction of sp³-hybridized carbons (Fsp3) is 0.111. The Morgan fingerprint density at radius 1 is 1.29 bits per heavy atom. The summed E-state index contributed by atoms with van der Waals surface area (Å²) in [4.78, 5) is 8.35. The Morgan fingerprint density at radius 2 is 1.93 bits per heavy atom. The summed E-state index contributed by atoms with van der Waals surface area (Å²) in [5.74, 6) is 0.344. The second kappa shape index (κ2) is 3.74. The molecule has 0 aromatic carbocycles. The second-order valence-electron chi connectivity index (χ2n) is 2.90. The largest absolute Gasteiger partial charge is 0.368 e. The molecule has 0 amide bonds. The molecule has 0 aliphatic carbocycles. The number of halogens is 1. The maximum Gasteiger partial charge on any atom is 0.221 e. The van der Waals surface area contributed by atoms with Crippen molar-refractivity contribution >= 4 is 32.8 Å². The van der Waals surface area contributed by atoms with Crippen LogP contribution in [0.2, 0.25) is 0 Å². The van der Waals surface area contributed by atoms with Crippen molar-refractivity contribution in [2.75, 3.05) is 5.73 Å². The van der Waals surface area contributed by atoms with Crippen molar-refractivity contribution < 1.29 is 0 Å². The fourth-order valence-electron chi connectivity index (χ4n) is 1.21. The minimum atomic E-state index is -0.433. The van der Waals surface area contributed by atoms with Gasteiger partial charge in [-0.15, -0.1) is 0 Å². The number of hydrogen-bond donors (Lipinski definition) is 2. The Kier molecular flexibility index (Phi) is 2.60. The maximum atomic E-state index is 5.62. The van der Waals surface area contributed by atoms with Crippen molar-refractivity contribution in [3.05, 3.63) is 33.1 Å². The van der Waals surface area contributed by atoms with Crippen LogP contribution in [0.15, 0.2) is 32.5 Å². The molecule has 1 aliphatic heterocycles. The maximum absolute atomic E-state index is 5.62. The second-order valence-corrected chi connectivity index (χ2v) is 5.52. The number of aromatic nitrogens is 2. The molecule has 0 saturated heterocycles. The number of allylic oxidation sites excluding steroid dienone is 2. The Bertz CT molecular complexity index is 416. The van der Waals surface area contributed by atoms with Crippen LogP contribution in [-0.4, -0.2) is 9.97 Å². The average Bonchev–Trinajstić information content (AvgIpc) is 2.63. The summed E-state index contributed by atoms with van der Waals surface area (Å²) in [7, 11) is -0.433. The zero-order valence-corrected chi connectivity index (χ0v) is 10.1. The predicted molar refractivity (Wildman–Crippen MR) is 64.4 cm³/mol. The molecule has 1 aromatic rings. The number of nitrogens with two attached hydrogens (primary N) is 1. The van der Waals surface area contributed by atoms with Crippen molar-refractivity contribution in [1.29, 1.82) is 0 Å². The average molecular weight is 272 g/mol. The number of thiol groups is 1. The third-order valence-corrected chi connectivity index (χ3v) is 4.92. The molecule has 14 heavy (non-hydrogen) atoms. The van der Waals surface area contributed by atoms with Crippen molar-refractivity contribution in [3.8, 4) is 0 Å². The molecular weight excluding hydrogens is 262 g/mol. The van der Waals surface area contributed by atoms with E-state index in [-0.39, 0.29) is 0 Å². The van der Waals surface area contributed by atoms with Crippen molar-refractivity contribution in [2.24, 2.45) is 0 Å². The monoisotopic (exact) mass is 271 g/mol. The first-order chi connectivity index (χ1) is 6.68. The minimum Gasteiger partial charge on any atom is -0.368 e. The molecule has 74 valence electrons. The van der Waals surface area contributed by atoms with Gasteiger partial charge in [0.05, 0.1) is 10.2 Å². The van der Waals surface area contributed by atoms with E-state index in [0.29, 0.717) is 5.95 Å². The lowest BCUT2D eigenvalue weighted by atomic mass is 10.5. The van der Waals surface area contributed by atoms with Crippen LogP contribution in [0.4, 0.5) is 5.95 Å². The normalized spacial score (nSPS) is 16.6. The molecule has 0 fully saturated rings. The van der Waals surface area contributed by atoms with Crippen LogP contribution in [0.5, 0.6) is 0 Å². The number of hydrogen-bond acceptors (Lipinski definition) is 3. The lowest BCUT2D eigenvalue weighted by Crippen LogP contribution is -2.00. The SMILES string of the molecule is Cc1nc(N)nc([SH]2C=CC=C2)c1Br. The summed E-state index contributed by atoms with van der Waals surface area (Å²) >= 11 is 3.49. The third-order valence-electron chi connectivity index (χ3n) is 1.87.